The molecule has 1 aromatic carbocycles. The Morgan fingerprint density at radius 2 is 1.83 bits per heavy atom. The zero-order valence-corrected chi connectivity index (χ0v) is 15.3. The van der Waals surface area contributed by atoms with Gasteiger partial charge in [-0.2, -0.15) is 0 Å². The van der Waals surface area contributed by atoms with Crippen molar-refractivity contribution in [2.24, 2.45) is 16.6 Å². The molecule has 0 bridgehead atoms. The van der Waals surface area contributed by atoms with Gasteiger partial charge in [-0.25, -0.2) is 0 Å². The van der Waals surface area contributed by atoms with Gasteiger partial charge in [0.25, 0.3) is 0 Å². The van der Waals surface area contributed by atoms with Crippen molar-refractivity contribution in [1.82, 2.24) is 0 Å². The van der Waals surface area contributed by atoms with Gasteiger partial charge in [0.1, 0.15) is 0 Å². The van der Waals surface area contributed by atoms with Crippen LogP contribution in [0.1, 0.15) is 82.9 Å². The number of carbonyl (C=O) groups excluding carboxylic acids is 1. The molecule has 2 N–H and O–H groups in total. The first-order valence-electron chi connectivity index (χ1n) is 9.09. The number of hydrogen-bond donors (Lipinski definition) is 1. The van der Waals surface area contributed by atoms with Crippen LogP contribution in [0.2, 0.25) is 0 Å². The molecular weight excluding hydrogens is 282 g/mol. The van der Waals surface area contributed by atoms with E-state index in [2.05, 4.69) is 52.8 Å². The molecule has 2 nitrogen and oxygen atoms in total. The third-order valence-corrected chi connectivity index (χ3v) is 7.62. The van der Waals surface area contributed by atoms with Crippen molar-refractivity contribution in [3.8, 4) is 0 Å². The number of hydrogen-bond acceptors (Lipinski definition) is 1. The Bertz CT molecular complexity index is 649. The van der Waals surface area contributed by atoms with E-state index in [9.17, 15) is 4.79 Å². The smallest absolute Gasteiger partial charge is 0.223 e. The number of amides is 1. The first-order valence-corrected chi connectivity index (χ1v) is 9.09. The first kappa shape index (κ1) is 16.5. The highest BCUT2D eigenvalue weighted by atomic mass is 16.1. The third kappa shape index (κ3) is 2.03. The summed E-state index contributed by atoms with van der Waals surface area (Å²) in [5.41, 5.74) is 9.84. The quantitative estimate of drug-likeness (QED) is 0.845. The van der Waals surface area contributed by atoms with E-state index in [4.69, 9.17) is 5.73 Å². The lowest BCUT2D eigenvalue weighted by Crippen LogP contribution is -2.61. The number of primary amides is 1. The van der Waals surface area contributed by atoms with Gasteiger partial charge in [0.2, 0.25) is 5.91 Å². The lowest BCUT2D eigenvalue weighted by atomic mass is 9.41. The number of nitrogens with two attached hydrogens (primary N) is 1. The Morgan fingerprint density at radius 3 is 2.43 bits per heavy atom. The van der Waals surface area contributed by atoms with Gasteiger partial charge in [0, 0.05) is 0 Å². The van der Waals surface area contributed by atoms with Gasteiger partial charge in [-0.05, 0) is 59.1 Å². The van der Waals surface area contributed by atoms with E-state index in [1.165, 1.54) is 16.7 Å². The predicted octanol–water partition coefficient (Wildman–Crippen LogP) is 4.70. The predicted molar refractivity (Wildman–Crippen MR) is 95.5 cm³/mol. The minimum absolute atomic E-state index is 0.0398. The summed E-state index contributed by atoms with van der Waals surface area (Å²) in [5, 5.41) is 0. The summed E-state index contributed by atoms with van der Waals surface area (Å²) in [4.78, 5) is 12.4. The molecule has 0 aromatic heterocycles. The Kier molecular flexibility index (Phi) is 3.66. The van der Waals surface area contributed by atoms with Gasteiger partial charge in [0.05, 0.1) is 5.41 Å². The average molecular weight is 313 g/mol. The second-order valence-electron chi connectivity index (χ2n) is 8.79. The molecule has 1 aromatic rings. The number of benzene rings is 1. The Labute approximate surface area is 140 Å². The van der Waals surface area contributed by atoms with Crippen LogP contribution in [0.4, 0.5) is 0 Å². The van der Waals surface area contributed by atoms with E-state index < -0.39 is 5.41 Å². The molecule has 23 heavy (non-hydrogen) atoms. The van der Waals surface area contributed by atoms with Crippen LogP contribution in [0, 0.1) is 10.8 Å². The molecule has 3 rings (SSSR count). The van der Waals surface area contributed by atoms with Crippen LogP contribution in [-0.4, -0.2) is 5.91 Å². The molecular formula is C21H31NO. The van der Waals surface area contributed by atoms with Crippen LogP contribution in [0.15, 0.2) is 18.2 Å². The molecule has 3 atom stereocenters. The maximum absolute atomic E-state index is 12.4. The van der Waals surface area contributed by atoms with E-state index in [0.29, 0.717) is 5.92 Å². The van der Waals surface area contributed by atoms with Gasteiger partial charge >= 0.3 is 0 Å². The summed E-state index contributed by atoms with van der Waals surface area (Å²) < 4.78 is 0. The van der Waals surface area contributed by atoms with Crippen LogP contribution in [0.5, 0.6) is 0 Å². The molecule has 2 heteroatoms. The normalized spacial score (nSPS) is 36.4. The average Bonchev–Trinajstić information content (AvgIpc) is 2.49. The molecule has 0 heterocycles. The second kappa shape index (κ2) is 5.09. The molecule has 0 radical (unpaired) electrons. The highest BCUT2D eigenvalue weighted by Crippen LogP contribution is 2.65. The van der Waals surface area contributed by atoms with Crippen LogP contribution in [-0.2, 0) is 16.6 Å². The van der Waals surface area contributed by atoms with Crippen molar-refractivity contribution in [2.75, 3.05) is 0 Å². The monoisotopic (exact) mass is 313 g/mol. The van der Waals surface area contributed by atoms with Crippen molar-refractivity contribution in [2.45, 2.75) is 78.1 Å². The van der Waals surface area contributed by atoms with Crippen molar-refractivity contribution in [3.63, 3.8) is 0 Å². The second-order valence-corrected chi connectivity index (χ2v) is 8.79. The van der Waals surface area contributed by atoms with Crippen LogP contribution in [0.25, 0.3) is 0 Å². The van der Waals surface area contributed by atoms with Crippen LogP contribution < -0.4 is 5.73 Å². The largest absolute Gasteiger partial charge is 0.369 e. The fourth-order valence-corrected chi connectivity index (χ4v) is 5.44. The van der Waals surface area contributed by atoms with Gasteiger partial charge in [-0.15, -0.1) is 0 Å². The summed E-state index contributed by atoms with van der Waals surface area (Å²) >= 11 is 0. The number of aryl methyl sites for hydroxylation is 1. The molecule has 2 aliphatic carbocycles. The summed E-state index contributed by atoms with van der Waals surface area (Å²) in [5.74, 6) is 0.442. The number of fused-ring (bicyclic) bond motifs is 3. The zero-order valence-electron chi connectivity index (χ0n) is 15.3. The molecule has 0 saturated heterocycles. The van der Waals surface area contributed by atoms with Gasteiger partial charge in [-0.3, -0.25) is 4.79 Å². The first-order chi connectivity index (χ1) is 10.7. The van der Waals surface area contributed by atoms with Gasteiger partial charge in [0.15, 0.2) is 0 Å². The van der Waals surface area contributed by atoms with E-state index >= 15 is 0 Å². The van der Waals surface area contributed by atoms with E-state index in [-0.39, 0.29) is 16.7 Å². The summed E-state index contributed by atoms with van der Waals surface area (Å²) in [7, 11) is 0. The Balaban J connectivity index is 2.16. The summed E-state index contributed by atoms with van der Waals surface area (Å²) in [6.45, 7) is 11.3. The lowest BCUT2D eigenvalue weighted by molar-refractivity contribution is -0.146. The van der Waals surface area contributed by atoms with Crippen molar-refractivity contribution < 1.29 is 4.79 Å². The van der Waals surface area contributed by atoms with E-state index in [0.717, 1.165) is 32.1 Å². The fourth-order valence-electron chi connectivity index (χ4n) is 5.44. The van der Waals surface area contributed by atoms with Crippen molar-refractivity contribution in [1.29, 1.82) is 0 Å². The Hall–Kier alpha value is -1.31. The zero-order chi connectivity index (χ0) is 17.0. The molecule has 1 fully saturated rings. The number of rotatable bonds is 2. The summed E-state index contributed by atoms with van der Waals surface area (Å²) in [6.07, 6.45) is 5.27. The standard InChI is InChI=1S/C21H31NO/c1-14(2)15-7-8-17-16(13-15)9-12-21(5)19(17,3)10-6-11-20(21,4)18(22)23/h7-8,13-14H,6,9-12H2,1-5H3,(H2,22,23)/t19-,20+,21-/m1/s1. The molecule has 0 aliphatic heterocycles. The number of carbonyl (C=O) groups is 1. The highest BCUT2D eigenvalue weighted by molar-refractivity contribution is 5.82. The lowest BCUT2D eigenvalue weighted by Gasteiger charge is -2.62. The van der Waals surface area contributed by atoms with Crippen molar-refractivity contribution in [3.05, 3.63) is 34.9 Å². The van der Waals surface area contributed by atoms with Crippen LogP contribution in [0.3, 0.4) is 0 Å². The summed E-state index contributed by atoms with van der Waals surface area (Å²) in [6, 6.07) is 7.03. The maximum atomic E-state index is 12.4. The third-order valence-electron chi connectivity index (χ3n) is 7.62. The Morgan fingerprint density at radius 1 is 1.13 bits per heavy atom. The molecule has 1 amide bonds. The van der Waals surface area contributed by atoms with Crippen molar-refractivity contribution >= 4 is 5.91 Å². The van der Waals surface area contributed by atoms with Crippen LogP contribution >= 0.6 is 0 Å². The molecule has 1 saturated carbocycles. The topological polar surface area (TPSA) is 43.1 Å². The van der Waals surface area contributed by atoms with Gasteiger partial charge in [-0.1, -0.05) is 59.2 Å². The van der Waals surface area contributed by atoms with E-state index in [1.807, 2.05) is 0 Å². The molecule has 0 unspecified atom stereocenters. The fraction of sp³-hybridized carbons (Fsp3) is 0.667. The molecule has 2 aliphatic rings. The molecule has 0 spiro atoms. The SMILES string of the molecule is CC(C)c1ccc2c(c1)CC[C@@]1(C)[C@](C)(C(N)=O)CCC[C@]21C. The maximum Gasteiger partial charge on any atom is 0.223 e. The highest BCUT2D eigenvalue weighted by Gasteiger charge is 2.62. The molecule has 126 valence electrons. The van der Waals surface area contributed by atoms with E-state index in [1.54, 1.807) is 0 Å². The van der Waals surface area contributed by atoms with Gasteiger partial charge < -0.3 is 5.73 Å². The minimum atomic E-state index is -0.408. The minimum Gasteiger partial charge on any atom is -0.369 e.